The predicted octanol–water partition coefficient (Wildman–Crippen LogP) is -3.32. The average molecular weight is 1100 g/mol. The molecule has 26 heteroatoms. The quantitative estimate of drug-likeness (QED) is 0.0294. The van der Waals surface area contributed by atoms with Gasteiger partial charge in [-0.15, -0.1) is 0 Å². The van der Waals surface area contributed by atoms with Crippen molar-refractivity contribution in [1.82, 2.24) is 42.5 Å². The Balaban J connectivity index is 2.38. The molecule has 78 heavy (non-hydrogen) atoms. The lowest BCUT2D eigenvalue weighted by atomic mass is 9.99. The predicted molar refractivity (Wildman–Crippen MR) is 286 cm³/mol. The largest absolute Gasteiger partial charge is 0.508 e. The summed E-state index contributed by atoms with van der Waals surface area (Å²) in [7, 11) is 0. The van der Waals surface area contributed by atoms with Crippen LogP contribution >= 0.6 is 0 Å². The number of amides is 9. The fourth-order valence-electron chi connectivity index (χ4n) is 7.89. The zero-order chi connectivity index (χ0) is 58.5. The van der Waals surface area contributed by atoms with Crippen LogP contribution in [-0.2, 0) is 60.8 Å². The molecule has 9 amide bonds. The zero-order valence-electron chi connectivity index (χ0n) is 44.8. The van der Waals surface area contributed by atoms with Gasteiger partial charge in [-0.05, 0) is 106 Å². The molecular formula is C52H82N12O14. The maximum Gasteiger partial charge on any atom is 0.326 e. The lowest BCUT2D eigenvalue weighted by Gasteiger charge is -2.28. The third-order valence-electron chi connectivity index (χ3n) is 12.3. The highest BCUT2D eigenvalue weighted by Crippen LogP contribution is 2.14. The summed E-state index contributed by atoms with van der Waals surface area (Å²) in [5, 5.41) is 59.5. The molecule has 0 bridgehead atoms. The molecule has 0 aromatic heterocycles. The van der Waals surface area contributed by atoms with Crippen LogP contribution in [0, 0.1) is 11.8 Å². The van der Waals surface area contributed by atoms with Crippen LogP contribution in [0.2, 0.25) is 0 Å². The van der Waals surface area contributed by atoms with E-state index < -0.39 is 145 Å². The van der Waals surface area contributed by atoms with Crippen LogP contribution in [0.15, 0.2) is 54.6 Å². The van der Waals surface area contributed by atoms with Crippen LogP contribution in [0.3, 0.4) is 0 Å². The molecule has 0 saturated carbocycles. The summed E-state index contributed by atoms with van der Waals surface area (Å²) in [6, 6.07) is 1.81. The number of primary amides is 1. The maximum atomic E-state index is 14.4. The molecule has 2 rings (SSSR count). The van der Waals surface area contributed by atoms with E-state index in [4.69, 9.17) is 22.9 Å². The summed E-state index contributed by atoms with van der Waals surface area (Å²) in [6.07, 6.45) is 0.625. The van der Waals surface area contributed by atoms with Crippen LogP contribution in [0.25, 0.3) is 0 Å². The first-order valence-corrected chi connectivity index (χ1v) is 26.1. The molecule has 0 saturated heterocycles. The van der Waals surface area contributed by atoms with Gasteiger partial charge in [-0.1, -0.05) is 70.2 Å². The fourth-order valence-corrected chi connectivity index (χ4v) is 7.89. The molecule has 0 radical (unpaired) electrons. The van der Waals surface area contributed by atoms with E-state index in [9.17, 15) is 68.4 Å². The van der Waals surface area contributed by atoms with Gasteiger partial charge >= 0.3 is 5.97 Å². The highest BCUT2D eigenvalue weighted by atomic mass is 16.4. The number of aliphatic carboxylic acids is 1. The Kier molecular flexibility index (Phi) is 30.2. The number of phenolic OH excluding ortho intramolecular Hbond substituents is 1. The third kappa shape index (κ3) is 24.4. The molecule has 0 aliphatic carbocycles. The van der Waals surface area contributed by atoms with Crippen molar-refractivity contribution in [2.75, 3.05) is 26.3 Å². The minimum Gasteiger partial charge on any atom is -0.508 e. The molecule has 0 spiro atoms. The average Bonchev–Trinajstić information content (AvgIpc) is 3.39. The first-order valence-electron chi connectivity index (χ1n) is 26.1. The van der Waals surface area contributed by atoms with Crippen LogP contribution < -0.4 is 65.5 Å². The number of aliphatic hydroxyl groups excluding tert-OH is 2. The van der Waals surface area contributed by atoms with Crippen molar-refractivity contribution in [3.05, 3.63) is 65.7 Å². The summed E-state index contributed by atoms with van der Waals surface area (Å²) in [5.41, 5.74) is 24.2. The number of carboxylic acids is 1. The third-order valence-corrected chi connectivity index (χ3v) is 12.3. The van der Waals surface area contributed by atoms with Gasteiger partial charge in [0.05, 0.1) is 19.3 Å². The fraction of sp³-hybridized carbons (Fsp3) is 0.577. The number of carboxylic acid groups (broad SMARTS) is 1. The van der Waals surface area contributed by atoms with E-state index in [-0.39, 0.29) is 63.3 Å². The smallest absolute Gasteiger partial charge is 0.326 e. The summed E-state index contributed by atoms with van der Waals surface area (Å²) >= 11 is 0. The summed E-state index contributed by atoms with van der Waals surface area (Å²) < 4.78 is 0. The van der Waals surface area contributed by atoms with Crippen molar-refractivity contribution in [3.8, 4) is 5.75 Å². The summed E-state index contributed by atoms with van der Waals surface area (Å²) in [6.45, 7) is 5.11. The van der Waals surface area contributed by atoms with Gasteiger partial charge in [0.15, 0.2) is 0 Å². The van der Waals surface area contributed by atoms with Crippen molar-refractivity contribution >= 4 is 59.1 Å². The number of rotatable bonds is 37. The number of hydrogen-bond donors (Lipinski definition) is 16. The normalized spacial score (nSPS) is 14.7. The number of carbonyl (C=O) groups excluding carboxylic acids is 9. The molecule has 2 aromatic carbocycles. The molecule has 26 nitrogen and oxygen atoms in total. The molecule has 0 heterocycles. The number of carbonyl (C=O) groups is 10. The number of hydrogen-bond acceptors (Lipinski definition) is 16. The number of benzene rings is 2. The van der Waals surface area contributed by atoms with Gasteiger partial charge in [0.1, 0.15) is 54.1 Å². The molecule has 2 aromatic rings. The van der Waals surface area contributed by atoms with Gasteiger partial charge in [-0.25, -0.2) is 4.79 Å². The standard InChI is InChI=1S/C52H82N12O14/c1-29(2)24-38(60-44(69)34(55)25-32-16-18-33(67)19-17-32)48(73)61-39(26-31-12-6-5-7-13-31)49(74)57-35(14-8-10-22-53)45(70)59-37(20-21-42(56)68)46(71)62-41(28-66)51(76)63-40(27-65)50(75)58-36(15-9-11-23-54)47(72)64-43(30(3)4)52(77)78/h5-7,12-13,16-19,29-30,34-41,43,65-67H,8-11,14-15,20-28,53-55H2,1-4H3,(H2,56,68)(H,57,74)(H,58,75)(H,59,70)(H,60,69)(H,61,73)(H,62,71)(H,63,76)(H,64,72)(H,77,78)/t34-,35-,36-,37-,38-,39-,40-,41-,43-/m0/s1. The van der Waals surface area contributed by atoms with Gasteiger partial charge in [-0.3, -0.25) is 43.2 Å². The van der Waals surface area contributed by atoms with Crippen molar-refractivity contribution in [1.29, 1.82) is 0 Å². The maximum absolute atomic E-state index is 14.4. The van der Waals surface area contributed by atoms with E-state index in [0.717, 1.165) is 0 Å². The zero-order valence-corrected chi connectivity index (χ0v) is 44.8. The Morgan fingerprint density at radius 2 is 0.885 bits per heavy atom. The lowest BCUT2D eigenvalue weighted by Crippen LogP contribution is -2.61. The molecule has 434 valence electrons. The summed E-state index contributed by atoms with van der Waals surface area (Å²) in [4.78, 5) is 134. The SMILES string of the molecule is CC(C)C[C@H](NC(=O)[C@@H](N)Cc1ccc(O)cc1)C(=O)N[C@@H](Cc1ccccc1)C(=O)N[C@@H](CCCCN)C(=O)N[C@@H](CCC(N)=O)C(=O)N[C@@H](CO)C(=O)N[C@@H](CO)C(=O)N[C@@H](CCCCN)C(=O)N[C@H](C(=O)O)C(C)C. The number of unbranched alkanes of at least 4 members (excludes halogenated alkanes) is 2. The van der Waals surface area contributed by atoms with Crippen LogP contribution in [0.4, 0.5) is 0 Å². The van der Waals surface area contributed by atoms with E-state index in [1.54, 1.807) is 56.3 Å². The monoisotopic (exact) mass is 1100 g/mol. The van der Waals surface area contributed by atoms with Gasteiger partial charge in [0.2, 0.25) is 53.2 Å². The number of nitrogens with two attached hydrogens (primary N) is 4. The molecule has 0 unspecified atom stereocenters. The van der Waals surface area contributed by atoms with Gasteiger partial charge in [0.25, 0.3) is 0 Å². The van der Waals surface area contributed by atoms with Crippen molar-refractivity contribution < 1.29 is 68.4 Å². The van der Waals surface area contributed by atoms with E-state index in [2.05, 4.69) is 42.5 Å². The van der Waals surface area contributed by atoms with Crippen LogP contribution in [-0.4, -0.2) is 160 Å². The lowest BCUT2D eigenvalue weighted by molar-refractivity contribution is -0.143. The Morgan fingerprint density at radius 3 is 1.32 bits per heavy atom. The van der Waals surface area contributed by atoms with E-state index >= 15 is 0 Å². The topological polar surface area (TPSA) is 452 Å². The van der Waals surface area contributed by atoms with Crippen molar-refractivity contribution in [2.45, 2.75) is 153 Å². The Hall–Kier alpha value is -7.26. The van der Waals surface area contributed by atoms with Crippen LogP contribution in [0.1, 0.15) is 96.6 Å². The van der Waals surface area contributed by atoms with E-state index in [1.807, 2.05) is 13.8 Å². The van der Waals surface area contributed by atoms with E-state index in [1.165, 1.54) is 12.1 Å². The molecule has 20 N–H and O–H groups in total. The molecule has 9 atom stereocenters. The highest BCUT2D eigenvalue weighted by molar-refractivity contribution is 5.98. The second-order valence-electron chi connectivity index (χ2n) is 19.7. The minimum atomic E-state index is -1.85. The van der Waals surface area contributed by atoms with Crippen molar-refractivity contribution in [2.24, 2.45) is 34.8 Å². The number of nitrogens with one attached hydrogen (secondary N) is 8. The highest BCUT2D eigenvalue weighted by Gasteiger charge is 2.35. The summed E-state index contributed by atoms with van der Waals surface area (Å²) in [5.74, 6) is -10.3. The molecule has 0 aliphatic rings. The molecular weight excluding hydrogens is 1020 g/mol. The minimum absolute atomic E-state index is 0.00235. The second kappa shape index (κ2) is 35.2. The van der Waals surface area contributed by atoms with Gasteiger partial charge in [0, 0.05) is 12.8 Å². The molecule has 0 fully saturated rings. The number of aliphatic hydroxyl groups is 2. The first kappa shape index (κ1) is 66.9. The van der Waals surface area contributed by atoms with Crippen molar-refractivity contribution in [3.63, 3.8) is 0 Å². The molecule has 0 aliphatic heterocycles. The number of aromatic hydroxyl groups is 1. The Bertz CT molecular complexity index is 2270. The second-order valence-corrected chi connectivity index (χ2v) is 19.7. The van der Waals surface area contributed by atoms with Crippen LogP contribution in [0.5, 0.6) is 5.75 Å². The van der Waals surface area contributed by atoms with Gasteiger partial charge < -0.3 is 85.9 Å². The Morgan fingerprint density at radius 1 is 0.487 bits per heavy atom. The Labute approximate surface area is 454 Å². The van der Waals surface area contributed by atoms with Gasteiger partial charge in [-0.2, -0.15) is 0 Å². The number of phenols is 1. The van der Waals surface area contributed by atoms with E-state index in [0.29, 0.717) is 30.4 Å². The first-order chi connectivity index (χ1) is 36.9.